The highest BCUT2D eigenvalue weighted by molar-refractivity contribution is 4.79. The number of ether oxygens (including phenoxy) is 1. The first-order valence-electron chi connectivity index (χ1n) is 3.24. The maximum atomic E-state index is 5.21. The first kappa shape index (κ1) is 5.67. The van der Waals surface area contributed by atoms with Crippen LogP contribution in [0.25, 0.3) is 0 Å². The van der Waals surface area contributed by atoms with E-state index in [1.54, 1.807) is 0 Å². The van der Waals surface area contributed by atoms with Gasteiger partial charge in [-0.05, 0) is 19.3 Å². The number of allylic oxidation sites excluding steroid dienone is 1. The zero-order valence-corrected chi connectivity index (χ0v) is 5.26. The molecule has 0 saturated heterocycles. The predicted molar refractivity (Wildman–Crippen MR) is 33.5 cm³/mol. The molecule has 0 amide bonds. The first-order valence-corrected chi connectivity index (χ1v) is 3.24. The lowest BCUT2D eigenvalue weighted by Crippen LogP contribution is -1.80. The van der Waals surface area contributed by atoms with Crippen molar-refractivity contribution in [2.24, 2.45) is 0 Å². The Kier molecular flexibility index (Phi) is 1.95. The van der Waals surface area contributed by atoms with Crippen molar-refractivity contribution in [1.82, 2.24) is 0 Å². The molecule has 0 heterocycles. The van der Waals surface area contributed by atoms with Crippen LogP contribution >= 0.6 is 0 Å². The van der Waals surface area contributed by atoms with Crippen LogP contribution in [0.4, 0.5) is 0 Å². The fourth-order valence-corrected chi connectivity index (χ4v) is 0.467. The summed E-state index contributed by atoms with van der Waals surface area (Å²) >= 11 is 0. The van der Waals surface area contributed by atoms with E-state index >= 15 is 0 Å². The van der Waals surface area contributed by atoms with E-state index in [-0.39, 0.29) is 0 Å². The third-order valence-corrected chi connectivity index (χ3v) is 1.13. The molecule has 0 bridgehead atoms. The van der Waals surface area contributed by atoms with Gasteiger partial charge in [-0.2, -0.15) is 0 Å². The lowest BCUT2D eigenvalue weighted by atomic mass is 10.5. The van der Waals surface area contributed by atoms with E-state index < -0.39 is 0 Å². The quantitative estimate of drug-likeness (QED) is 0.508. The zero-order chi connectivity index (χ0) is 5.82. The van der Waals surface area contributed by atoms with Gasteiger partial charge in [0.1, 0.15) is 0 Å². The van der Waals surface area contributed by atoms with Crippen LogP contribution in [0.2, 0.25) is 0 Å². The smallest absolute Gasteiger partial charge is 0.0981 e. The van der Waals surface area contributed by atoms with Gasteiger partial charge in [-0.15, -0.1) is 0 Å². The highest BCUT2D eigenvalue weighted by atomic mass is 16.5. The van der Waals surface area contributed by atoms with Crippen LogP contribution in [0, 0.1) is 0 Å². The molecule has 0 aromatic rings. The molecule has 0 radical (unpaired) electrons. The monoisotopic (exact) mass is 112 g/mol. The summed E-state index contributed by atoms with van der Waals surface area (Å²) in [6.45, 7) is 2.10. The van der Waals surface area contributed by atoms with Gasteiger partial charge in [0.25, 0.3) is 0 Å². The minimum absolute atomic E-state index is 0.567. The van der Waals surface area contributed by atoms with Crippen molar-refractivity contribution in [1.29, 1.82) is 0 Å². The molecule has 0 aromatic heterocycles. The summed E-state index contributed by atoms with van der Waals surface area (Å²) in [5.74, 6) is 0. The summed E-state index contributed by atoms with van der Waals surface area (Å²) in [5.41, 5.74) is 0. The summed E-state index contributed by atoms with van der Waals surface area (Å²) in [7, 11) is 0. The highest BCUT2D eigenvalue weighted by Crippen LogP contribution is 2.23. The Morgan fingerprint density at radius 1 is 1.62 bits per heavy atom. The van der Waals surface area contributed by atoms with Gasteiger partial charge >= 0.3 is 0 Å². The average Bonchev–Trinajstić information content (AvgIpc) is 2.51. The van der Waals surface area contributed by atoms with Crippen LogP contribution in [-0.2, 0) is 4.74 Å². The predicted octanol–water partition coefficient (Wildman–Crippen LogP) is 2.09. The summed E-state index contributed by atoms with van der Waals surface area (Å²) in [5, 5.41) is 0. The molecule has 0 unspecified atom stereocenters. The number of rotatable bonds is 3. The zero-order valence-electron chi connectivity index (χ0n) is 5.26. The molecule has 0 spiro atoms. The lowest BCUT2D eigenvalue weighted by Gasteiger charge is -1.91. The summed E-state index contributed by atoms with van der Waals surface area (Å²) < 4.78 is 5.21. The molecule has 0 atom stereocenters. The van der Waals surface area contributed by atoms with E-state index in [2.05, 4.69) is 6.92 Å². The van der Waals surface area contributed by atoms with Crippen LogP contribution in [0.3, 0.4) is 0 Å². The second kappa shape index (κ2) is 2.75. The normalized spacial score (nSPS) is 19.6. The Hall–Kier alpha value is -0.460. The second-order valence-corrected chi connectivity index (χ2v) is 2.12. The van der Waals surface area contributed by atoms with Crippen molar-refractivity contribution in [3.8, 4) is 0 Å². The van der Waals surface area contributed by atoms with Crippen LogP contribution < -0.4 is 0 Å². The summed E-state index contributed by atoms with van der Waals surface area (Å²) in [6.07, 6.45) is 8.02. The van der Waals surface area contributed by atoms with E-state index in [9.17, 15) is 0 Å². The molecule has 1 nitrogen and oxygen atoms in total. The molecule has 1 heteroatoms. The SMILES string of the molecule is CCC=COC1CC1. The van der Waals surface area contributed by atoms with Gasteiger partial charge in [-0.3, -0.25) is 0 Å². The number of hydrogen-bond acceptors (Lipinski definition) is 1. The van der Waals surface area contributed by atoms with E-state index in [1.165, 1.54) is 12.8 Å². The molecule has 0 N–H and O–H groups in total. The van der Waals surface area contributed by atoms with Crippen LogP contribution in [-0.4, -0.2) is 6.10 Å². The Labute approximate surface area is 50.3 Å². The van der Waals surface area contributed by atoms with Gasteiger partial charge in [0.2, 0.25) is 0 Å². The topological polar surface area (TPSA) is 9.23 Å². The van der Waals surface area contributed by atoms with Crippen molar-refractivity contribution in [3.63, 3.8) is 0 Å². The van der Waals surface area contributed by atoms with Gasteiger partial charge in [-0.25, -0.2) is 0 Å². The molecule has 46 valence electrons. The van der Waals surface area contributed by atoms with Crippen LogP contribution in [0.1, 0.15) is 26.2 Å². The standard InChI is InChI=1S/C7H12O/c1-2-3-6-8-7-4-5-7/h3,6-7H,2,4-5H2,1H3. The number of hydrogen-bond donors (Lipinski definition) is 0. The minimum atomic E-state index is 0.567. The fourth-order valence-electron chi connectivity index (χ4n) is 0.467. The van der Waals surface area contributed by atoms with Crippen LogP contribution in [0.5, 0.6) is 0 Å². The molecule has 1 aliphatic rings. The molecular weight excluding hydrogens is 100 g/mol. The van der Waals surface area contributed by atoms with Crippen molar-refractivity contribution in [2.45, 2.75) is 32.3 Å². The molecule has 1 rings (SSSR count). The Balaban J connectivity index is 1.93. The molecule has 0 aromatic carbocycles. The van der Waals surface area contributed by atoms with Gasteiger partial charge in [-0.1, -0.05) is 13.0 Å². The van der Waals surface area contributed by atoms with E-state index in [1.807, 2.05) is 12.3 Å². The molecule has 8 heavy (non-hydrogen) atoms. The molecule has 1 saturated carbocycles. The Morgan fingerprint density at radius 2 is 2.38 bits per heavy atom. The molecule has 0 aliphatic heterocycles. The summed E-state index contributed by atoms with van der Waals surface area (Å²) in [4.78, 5) is 0. The van der Waals surface area contributed by atoms with Crippen molar-refractivity contribution in [2.75, 3.05) is 0 Å². The maximum Gasteiger partial charge on any atom is 0.0981 e. The minimum Gasteiger partial charge on any atom is -0.498 e. The Bertz CT molecular complexity index is 82.4. The highest BCUT2D eigenvalue weighted by Gasteiger charge is 2.21. The van der Waals surface area contributed by atoms with Gasteiger partial charge in [0, 0.05) is 0 Å². The summed E-state index contributed by atoms with van der Waals surface area (Å²) in [6, 6.07) is 0. The molecular formula is C7H12O. The second-order valence-electron chi connectivity index (χ2n) is 2.12. The van der Waals surface area contributed by atoms with Crippen molar-refractivity contribution < 1.29 is 4.74 Å². The fraction of sp³-hybridized carbons (Fsp3) is 0.714. The van der Waals surface area contributed by atoms with Crippen molar-refractivity contribution in [3.05, 3.63) is 12.3 Å². The van der Waals surface area contributed by atoms with Gasteiger partial charge in [0.05, 0.1) is 12.4 Å². The third kappa shape index (κ3) is 2.01. The lowest BCUT2D eigenvalue weighted by molar-refractivity contribution is 0.233. The maximum absolute atomic E-state index is 5.21. The molecule has 1 fully saturated rings. The van der Waals surface area contributed by atoms with E-state index in [0.29, 0.717) is 6.10 Å². The van der Waals surface area contributed by atoms with E-state index in [4.69, 9.17) is 4.74 Å². The first-order chi connectivity index (χ1) is 3.93. The van der Waals surface area contributed by atoms with Crippen molar-refractivity contribution >= 4 is 0 Å². The van der Waals surface area contributed by atoms with Gasteiger partial charge in [0.15, 0.2) is 0 Å². The van der Waals surface area contributed by atoms with E-state index in [0.717, 1.165) is 6.42 Å². The Morgan fingerprint density at radius 3 is 2.88 bits per heavy atom. The largest absolute Gasteiger partial charge is 0.498 e. The van der Waals surface area contributed by atoms with Gasteiger partial charge < -0.3 is 4.74 Å². The van der Waals surface area contributed by atoms with Crippen LogP contribution in [0.15, 0.2) is 12.3 Å². The third-order valence-electron chi connectivity index (χ3n) is 1.13. The average molecular weight is 112 g/mol. The molecule has 1 aliphatic carbocycles.